The second-order valence-corrected chi connectivity index (χ2v) is 6.36. The highest BCUT2D eigenvalue weighted by Crippen LogP contribution is 2.33. The first kappa shape index (κ1) is 15.7. The molecule has 0 aliphatic carbocycles. The summed E-state index contributed by atoms with van der Waals surface area (Å²) in [6.07, 6.45) is -4.44. The summed E-state index contributed by atoms with van der Waals surface area (Å²) in [7, 11) is 0. The van der Waals surface area contributed by atoms with E-state index in [-0.39, 0.29) is 22.1 Å². The number of amides is 1. The number of carbonyl (C=O) groups excluding carboxylic acids is 1. The van der Waals surface area contributed by atoms with Crippen LogP contribution in [0.15, 0.2) is 22.7 Å². The van der Waals surface area contributed by atoms with Gasteiger partial charge in [0, 0.05) is 28.2 Å². The SMILES string of the molecule is O=C(Nc1cc(Br)cc(C(F)(F)F)c1)C1CSCCN1. The maximum Gasteiger partial charge on any atom is 0.416 e. The lowest BCUT2D eigenvalue weighted by Crippen LogP contribution is -2.46. The minimum atomic E-state index is -4.44. The number of carbonyl (C=O) groups is 1. The van der Waals surface area contributed by atoms with E-state index < -0.39 is 11.7 Å². The highest BCUT2D eigenvalue weighted by atomic mass is 79.9. The molecule has 0 aromatic heterocycles. The molecule has 20 heavy (non-hydrogen) atoms. The van der Waals surface area contributed by atoms with E-state index >= 15 is 0 Å². The monoisotopic (exact) mass is 368 g/mol. The standard InChI is InChI=1S/C12H12BrF3N2OS/c13-8-3-7(12(14,15)16)4-9(5-8)18-11(19)10-6-20-2-1-17-10/h3-5,10,17H,1-2,6H2,(H,18,19). The lowest BCUT2D eigenvalue weighted by atomic mass is 10.2. The fourth-order valence-corrected chi connectivity index (χ4v) is 3.22. The first-order valence-corrected chi connectivity index (χ1v) is 7.81. The van der Waals surface area contributed by atoms with Gasteiger partial charge in [-0.05, 0) is 18.2 Å². The zero-order valence-corrected chi connectivity index (χ0v) is 12.7. The van der Waals surface area contributed by atoms with Crippen molar-refractivity contribution in [1.29, 1.82) is 0 Å². The number of alkyl halides is 3. The molecule has 1 aromatic rings. The van der Waals surface area contributed by atoms with Crippen molar-refractivity contribution in [2.75, 3.05) is 23.4 Å². The number of hydrogen-bond donors (Lipinski definition) is 2. The van der Waals surface area contributed by atoms with Crippen molar-refractivity contribution in [1.82, 2.24) is 5.32 Å². The molecule has 8 heteroatoms. The second kappa shape index (κ2) is 6.36. The molecule has 3 nitrogen and oxygen atoms in total. The summed E-state index contributed by atoms with van der Waals surface area (Å²) in [5.74, 6) is 1.23. The Kier molecular flexibility index (Phi) is 4.98. The number of benzene rings is 1. The Morgan fingerprint density at radius 3 is 2.75 bits per heavy atom. The molecular weight excluding hydrogens is 357 g/mol. The fourth-order valence-electron chi connectivity index (χ4n) is 1.79. The summed E-state index contributed by atoms with van der Waals surface area (Å²) in [6, 6.07) is 2.98. The van der Waals surface area contributed by atoms with Crippen LogP contribution in [0.3, 0.4) is 0 Å². The van der Waals surface area contributed by atoms with Crippen molar-refractivity contribution in [3.8, 4) is 0 Å². The molecule has 1 fully saturated rings. The first-order valence-electron chi connectivity index (χ1n) is 5.86. The van der Waals surface area contributed by atoms with Crippen molar-refractivity contribution in [3.63, 3.8) is 0 Å². The molecule has 0 radical (unpaired) electrons. The van der Waals surface area contributed by atoms with E-state index in [1.165, 1.54) is 6.07 Å². The predicted molar refractivity (Wildman–Crippen MR) is 76.9 cm³/mol. The van der Waals surface area contributed by atoms with Crippen LogP contribution in [0.25, 0.3) is 0 Å². The lowest BCUT2D eigenvalue weighted by Gasteiger charge is -2.22. The number of anilines is 1. The van der Waals surface area contributed by atoms with Crippen molar-refractivity contribution in [3.05, 3.63) is 28.2 Å². The first-order chi connectivity index (χ1) is 9.36. The van der Waals surface area contributed by atoms with Crippen LogP contribution >= 0.6 is 27.7 Å². The molecule has 1 atom stereocenters. The summed E-state index contributed by atoms with van der Waals surface area (Å²) < 4.78 is 38.3. The van der Waals surface area contributed by atoms with Crippen LogP contribution < -0.4 is 10.6 Å². The average Bonchev–Trinajstić information content (AvgIpc) is 2.38. The van der Waals surface area contributed by atoms with Crippen LogP contribution in [-0.2, 0) is 11.0 Å². The number of thioether (sulfide) groups is 1. The molecule has 2 rings (SSSR count). The Morgan fingerprint density at radius 1 is 1.40 bits per heavy atom. The van der Waals surface area contributed by atoms with Gasteiger partial charge in [-0.3, -0.25) is 4.79 Å². The summed E-state index contributed by atoms with van der Waals surface area (Å²) in [4.78, 5) is 12.0. The smallest absolute Gasteiger partial charge is 0.325 e. The van der Waals surface area contributed by atoms with E-state index in [0.717, 1.165) is 24.4 Å². The third-order valence-corrected chi connectivity index (χ3v) is 4.25. The van der Waals surface area contributed by atoms with Gasteiger partial charge in [-0.25, -0.2) is 0 Å². The van der Waals surface area contributed by atoms with Gasteiger partial charge in [-0.15, -0.1) is 0 Å². The molecule has 1 saturated heterocycles. The molecule has 1 heterocycles. The number of rotatable bonds is 2. The minimum absolute atomic E-state index is 0.133. The van der Waals surface area contributed by atoms with Crippen molar-refractivity contribution in [2.24, 2.45) is 0 Å². The van der Waals surface area contributed by atoms with Gasteiger partial charge < -0.3 is 10.6 Å². The van der Waals surface area contributed by atoms with E-state index in [0.29, 0.717) is 5.75 Å². The van der Waals surface area contributed by atoms with Gasteiger partial charge in [0.1, 0.15) is 0 Å². The largest absolute Gasteiger partial charge is 0.416 e. The zero-order valence-electron chi connectivity index (χ0n) is 10.3. The zero-order chi connectivity index (χ0) is 14.8. The van der Waals surface area contributed by atoms with Gasteiger partial charge >= 0.3 is 6.18 Å². The molecule has 2 N–H and O–H groups in total. The highest BCUT2D eigenvalue weighted by Gasteiger charge is 2.31. The van der Waals surface area contributed by atoms with E-state index in [9.17, 15) is 18.0 Å². The highest BCUT2D eigenvalue weighted by molar-refractivity contribution is 9.10. The molecule has 0 bridgehead atoms. The number of halogens is 4. The lowest BCUT2D eigenvalue weighted by molar-refractivity contribution is -0.137. The second-order valence-electron chi connectivity index (χ2n) is 4.30. The van der Waals surface area contributed by atoms with Gasteiger partial charge in [0.15, 0.2) is 0 Å². The average molecular weight is 369 g/mol. The Morgan fingerprint density at radius 2 is 2.15 bits per heavy atom. The van der Waals surface area contributed by atoms with Crippen LogP contribution in [0, 0.1) is 0 Å². The van der Waals surface area contributed by atoms with E-state index in [1.54, 1.807) is 11.8 Å². The summed E-state index contributed by atoms with van der Waals surface area (Å²) in [6.45, 7) is 0.717. The fraction of sp³-hybridized carbons (Fsp3) is 0.417. The third kappa shape index (κ3) is 4.13. The summed E-state index contributed by atoms with van der Waals surface area (Å²) >= 11 is 4.66. The predicted octanol–water partition coefficient (Wildman–Crippen LogP) is 3.11. The molecule has 1 aliphatic rings. The quantitative estimate of drug-likeness (QED) is 0.842. The van der Waals surface area contributed by atoms with Gasteiger partial charge in [-0.2, -0.15) is 24.9 Å². The van der Waals surface area contributed by atoms with Crippen LogP contribution in [0.2, 0.25) is 0 Å². The minimum Gasteiger partial charge on any atom is -0.325 e. The van der Waals surface area contributed by atoms with Crippen LogP contribution in [0.5, 0.6) is 0 Å². The molecule has 1 aromatic carbocycles. The summed E-state index contributed by atoms with van der Waals surface area (Å²) in [5, 5.41) is 5.55. The van der Waals surface area contributed by atoms with E-state index in [2.05, 4.69) is 26.6 Å². The molecule has 1 aliphatic heterocycles. The van der Waals surface area contributed by atoms with Crippen LogP contribution in [0.1, 0.15) is 5.56 Å². The number of nitrogens with one attached hydrogen (secondary N) is 2. The van der Waals surface area contributed by atoms with Crippen LogP contribution in [0.4, 0.5) is 18.9 Å². The van der Waals surface area contributed by atoms with Crippen molar-refractivity contribution >= 4 is 39.3 Å². The maximum absolute atomic E-state index is 12.7. The number of hydrogen-bond acceptors (Lipinski definition) is 3. The van der Waals surface area contributed by atoms with Crippen molar-refractivity contribution < 1.29 is 18.0 Å². The Bertz CT molecular complexity index is 504. The molecule has 110 valence electrons. The Labute approximate surface area is 126 Å². The van der Waals surface area contributed by atoms with Gasteiger partial charge in [0.05, 0.1) is 11.6 Å². The van der Waals surface area contributed by atoms with Gasteiger partial charge in [0.25, 0.3) is 0 Å². The summed E-state index contributed by atoms with van der Waals surface area (Å²) in [5.41, 5.74) is -0.665. The topological polar surface area (TPSA) is 41.1 Å². The molecule has 1 amide bonds. The third-order valence-electron chi connectivity index (χ3n) is 2.73. The molecule has 1 unspecified atom stereocenters. The normalized spacial score (nSPS) is 19.7. The molecule has 0 spiro atoms. The molecule has 0 saturated carbocycles. The Balaban J connectivity index is 2.12. The van der Waals surface area contributed by atoms with Gasteiger partial charge in [0.2, 0.25) is 5.91 Å². The maximum atomic E-state index is 12.7. The van der Waals surface area contributed by atoms with E-state index in [1.807, 2.05) is 0 Å². The van der Waals surface area contributed by atoms with Gasteiger partial charge in [-0.1, -0.05) is 15.9 Å². The molecular formula is C12H12BrF3N2OS. The Hall–Kier alpha value is -0.730. The van der Waals surface area contributed by atoms with Crippen molar-refractivity contribution in [2.45, 2.75) is 12.2 Å². The van der Waals surface area contributed by atoms with Crippen LogP contribution in [-0.4, -0.2) is 30.0 Å². The van der Waals surface area contributed by atoms with E-state index in [4.69, 9.17) is 0 Å².